The second kappa shape index (κ2) is 6.86. The maximum absolute atomic E-state index is 12.4. The van der Waals surface area contributed by atoms with Crippen molar-refractivity contribution in [1.82, 2.24) is 15.2 Å². The third kappa shape index (κ3) is 4.58. The van der Waals surface area contributed by atoms with E-state index in [-0.39, 0.29) is 17.0 Å². The third-order valence-corrected chi connectivity index (χ3v) is 3.58. The van der Waals surface area contributed by atoms with E-state index in [4.69, 9.17) is 0 Å². The molecule has 124 valence electrons. The van der Waals surface area contributed by atoms with Crippen LogP contribution in [0.1, 0.15) is 26.3 Å². The SMILES string of the molecule is Cc1cc2ccccc2n(CCNC(=O)NCC(C)(C)C)c1=O. The number of fused-ring (bicyclic) bond motifs is 1. The monoisotopic (exact) mass is 315 g/mol. The van der Waals surface area contributed by atoms with E-state index in [1.807, 2.05) is 37.3 Å². The van der Waals surface area contributed by atoms with Gasteiger partial charge in [0.2, 0.25) is 0 Å². The second-order valence-corrected chi connectivity index (χ2v) is 7.01. The van der Waals surface area contributed by atoms with Crippen LogP contribution in [0.3, 0.4) is 0 Å². The summed E-state index contributed by atoms with van der Waals surface area (Å²) < 4.78 is 1.72. The molecule has 2 rings (SSSR count). The van der Waals surface area contributed by atoms with E-state index < -0.39 is 0 Å². The number of para-hydroxylation sites is 1. The van der Waals surface area contributed by atoms with Gasteiger partial charge in [0.05, 0.1) is 5.52 Å². The molecule has 1 heterocycles. The number of rotatable bonds is 4. The van der Waals surface area contributed by atoms with Gasteiger partial charge >= 0.3 is 6.03 Å². The van der Waals surface area contributed by atoms with E-state index >= 15 is 0 Å². The number of hydrogen-bond donors (Lipinski definition) is 2. The molecule has 2 aromatic rings. The van der Waals surface area contributed by atoms with Gasteiger partial charge in [0, 0.05) is 25.2 Å². The Balaban J connectivity index is 2.04. The molecule has 1 aromatic heterocycles. The zero-order valence-electron chi connectivity index (χ0n) is 14.3. The molecule has 0 fully saturated rings. The first-order valence-electron chi connectivity index (χ1n) is 7.89. The van der Waals surface area contributed by atoms with Crippen LogP contribution in [0.5, 0.6) is 0 Å². The standard InChI is InChI=1S/C18H25N3O2/c1-13-11-14-7-5-6-8-15(14)21(16(13)22)10-9-19-17(23)20-12-18(2,3)4/h5-8,11H,9-10,12H2,1-4H3,(H2,19,20,23). The van der Waals surface area contributed by atoms with Crippen LogP contribution in [0.25, 0.3) is 10.9 Å². The molecule has 2 amide bonds. The molecule has 0 bridgehead atoms. The van der Waals surface area contributed by atoms with Crippen molar-refractivity contribution in [3.8, 4) is 0 Å². The van der Waals surface area contributed by atoms with Crippen molar-refractivity contribution in [2.45, 2.75) is 34.2 Å². The number of urea groups is 1. The fraction of sp³-hybridized carbons (Fsp3) is 0.444. The lowest BCUT2D eigenvalue weighted by Gasteiger charge is -2.19. The van der Waals surface area contributed by atoms with Gasteiger partial charge in [-0.1, -0.05) is 39.0 Å². The van der Waals surface area contributed by atoms with E-state index in [1.54, 1.807) is 4.57 Å². The summed E-state index contributed by atoms with van der Waals surface area (Å²) in [6.07, 6.45) is 0. The Labute approximate surface area is 136 Å². The van der Waals surface area contributed by atoms with Crippen LogP contribution in [0.4, 0.5) is 4.79 Å². The van der Waals surface area contributed by atoms with Gasteiger partial charge in [0.1, 0.15) is 0 Å². The van der Waals surface area contributed by atoms with Gasteiger partial charge in [-0.2, -0.15) is 0 Å². The van der Waals surface area contributed by atoms with Crippen molar-refractivity contribution < 1.29 is 4.79 Å². The Morgan fingerprint density at radius 2 is 1.87 bits per heavy atom. The lowest BCUT2D eigenvalue weighted by molar-refractivity contribution is 0.235. The molecule has 0 aliphatic heterocycles. The highest BCUT2D eigenvalue weighted by molar-refractivity contribution is 5.79. The van der Waals surface area contributed by atoms with E-state index in [2.05, 4.69) is 31.4 Å². The molecule has 0 aliphatic rings. The molecule has 1 aromatic carbocycles. The average molecular weight is 315 g/mol. The highest BCUT2D eigenvalue weighted by Crippen LogP contribution is 2.12. The Bertz CT molecular complexity index is 757. The molecule has 5 nitrogen and oxygen atoms in total. The largest absolute Gasteiger partial charge is 0.338 e. The summed E-state index contributed by atoms with van der Waals surface area (Å²) in [6.45, 7) is 9.46. The molecular weight excluding hydrogens is 290 g/mol. The molecule has 0 radical (unpaired) electrons. The van der Waals surface area contributed by atoms with Crippen LogP contribution in [0.2, 0.25) is 0 Å². The molecule has 5 heteroatoms. The normalized spacial score (nSPS) is 11.5. The number of benzene rings is 1. The van der Waals surface area contributed by atoms with Crippen molar-refractivity contribution in [3.63, 3.8) is 0 Å². The van der Waals surface area contributed by atoms with Crippen LogP contribution in [0, 0.1) is 12.3 Å². The molecule has 2 N–H and O–H groups in total. The van der Waals surface area contributed by atoms with E-state index in [1.165, 1.54) is 0 Å². The van der Waals surface area contributed by atoms with E-state index in [0.717, 1.165) is 10.9 Å². The maximum Gasteiger partial charge on any atom is 0.314 e. The number of nitrogens with one attached hydrogen (secondary N) is 2. The molecule has 0 saturated heterocycles. The lowest BCUT2D eigenvalue weighted by atomic mass is 9.97. The second-order valence-electron chi connectivity index (χ2n) is 7.01. The predicted molar refractivity (Wildman–Crippen MR) is 93.8 cm³/mol. The van der Waals surface area contributed by atoms with Crippen LogP contribution < -0.4 is 16.2 Å². The molecule has 0 aliphatic carbocycles. The average Bonchev–Trinajstić information content (AvgIpc) is 2.48. The van der Waals surface area contributed by atoms with Gasteiger partial charge in [0.15, 0.2) is 0 Å². The molecule has 0 spiro atoms. The topological polar surface area (TPSA) is 63.1 Å². The first-order valence-corrected chi connectivity index (χ1v) is 7.89. The zero-order valence-corrected chi connectivity index (χ0v) is 14.3. The minimum atomic E-state index is -0.204. The number of amides is 2. The fourth-order valence-corrected chi connectivity index (χ4v) is 2.38. The molecule has 0 atom stereocenters. The van der Waals surface area contributed by atoms with Crippen LogP contribution in [-0.2, 0) is 6.54 Å². The smallest absolute Gasteiger partial charge is 0.314 e. The molecule has 23 heavy (non-hydrogen) atoms. The zero-order chi connectivity index (χ0) is 17.0. The summed E-state index contributed by atoms with van der Waals surface area (Å²) in [4.78, 5) is 24.1. The van der Waals surface area contributed by atoms with Gasteiger partial charge in [-0.3, -0.25) is 4.79 Å². The van der Waals surface area contributed by atoms with Gasteiger partial charge < -0.3 is 15.2 Å². The van der Waals surface area contributed by atoms with Crippen molar-refractivity contribution in [2.75, 3.05) is 13.1 Å². The van der Waals surface area contributed by atoms with Crippen LogP contribution in [0.15, 0.2) is 35.1 Å². The Hall–Kier alpha value is -2.30. The Morgan fingerprint density at radius 1 is 1.17 bits per heavy atom. The van der Waals surface area contributed by atoms with Crippen molar-refractivity contribution in [2.24, 2.45) is 5.41 Å². The Morgan fingerprint density at radius 3 is 2.57 bits per heavy atom. The number of aryl methyl sites for hydroxylation is 1. The highest BCUT2D eigenvalue weighted by atomic mass is 16.2. The summed E-state index contributed by atoms with van der Waals surface area (Å²) >= 11 is 0. The summed E-state index contributed by atoms with van der Waals surface area (Å²) in [6, 6.07) is 9.48. The minimum absolute atomic E-state index is 0.0133. The highest BCUT2D eigenvalue weighted by Gasteiger charge is 2.11. The predicted octanol–water partition coefficient (Wildman–Crippen LogP) is 2.66. The summed E-state index contributed by atoms with van der Waals surface area (Å²) in [5, 5.41) is 6.67. The van der Waals surface area contributed by atoms with Gasteiger partial charge in [-0.25, -0.2) is 4.79 Å². The van der Waals surface area contributed by atoms with Crippen molar-refractivity contribution in [1.29, 1.82) is 0 Å². The first-order chi connectivity index (χ1) is 10.8. The molecule has 0 saturated carbocycles. The number of pyridine rings is 1. The van der Waals surface area contributed by atoms with Gasteiger partial charge in [-0.05, 0) is 29.9 Å². The number of nitrogens with zero attached hydrogens (tertiary/aromatic N) is 1. The number of aromatic nitrogens is 1. The fourth-order valence-electron chi connectivity index (χ4n) is 2.38. The quantitative estimate of drug-likeness (QED) is 0.911. The van der Waals surface area contributed by atoms with Crippen LogP contribution >= 0.6 is 0 Å². The lowest BCUT2D eigenvalue weighted by Crippen LogP contribution is -2.41. The third-order valence-electron chi connectivity index (χ3n) is 3.58. The number of carbonyl (C=O) groups is 1. The molecule has 0 unspecified atom stereocenters. The maximum atomic E-state index is 12.4. The Kier molecular flexibility index (Phi) is 5.08. The van der Waals surface area contributed by atoms with Crippen LogP contribution in [-0.4, -0.2) is 23.7 Å². The first kappa shape index (κ1) is 17.1. The minimum Gasteiger partial charge on any atom is -0.338 e. The van der Waals surface area contributed by atoms with Crippen molar-refractivity contribution >= 4 is 16.9 Å². The summed E-state index contributed by atoms with van der Waals surface area (Å²) in [5.41, 5.74) is 1.63. The van der Waals surface area contributed by atoms with Gasteiger partial charge in [-0.15, -0.1) is 0 Å². The van der Waals surface area contributed by atoms with Gasteiger partial charge in [0.25, 0.3) is 5.56 Å². The van der Waals surface area contributed by atoms with Crippen molar-refractivity contribution in [3.05, 3.63) is 46.2 Å². The summed E-state index contributed by atoms with van der Waals surface area (Å²) in [5.74, 6) is 0. The molecular formula is C18H25N3O2. The summed E-state index contributed by atoms with van der Waals surface area (Å²) in [7, 11) is 0. The number of hydrogen-bond acceptors (Lipinski definition) is 2. The van der Waals surface area contributed by atoms with E-state index in [9.17, 15) is 9.59 Å². The number of carbonyl (C=O) groups excluding carboxylic acids is 1. The van der Waals surface area contributed by atoms with E-state index in [0.29, 0.717) is 25.2 Å².